The fourth-order valence-corrected chi connectivity index (χ4v) is 2.11. The van der Waals surface area contributed by atoms with Gasteiger partial charge in [-0.3, -0.25) is 10.2 Å². The minimum Gasteiger partial charge on any atom is -0.340 e. The Hall–Kier alpha value is -1.52. The predicted octanol–water partition coefficient (Wildman–Crippen LogP) is 1.18. The molecule has 1 aliphatic carbocycles. The van der Waals surface area contributed by atoms with Crippen LogP contribution < -0.4 is 16.2 Å². The van der Waals surface area contributed by atoms with Crippen LogP contribution in [0, 0.1) is 17.3 Å². The molecule has 2 atom stereocenters. The highest BCUT2D eigenvalue weighted by molar-refractivity contribution is 5.86. The number of urea groups is 1. The van der Waals surface area contributed by atoms with Gasteiger partial charge >= 0.3 is 6.03 Å². The van der Waals surface area contributed by atoms with Gasteiger partial charge in [0.15, 0.2) is 0 Å². The van der Waals surface area contributed by atoms with E-state index in [0.29, 0.717) is 0 Å². The lowest BCUT2D eigenvalue weighted by atomic mass is 10.1. The molecule has 5 heteroatoms. The van der Waals surface area contributed by atoms with Crippen LogP contribution in [0.4, 0.5) is 4.79 Å². The molecule has 1 fully saturated rings. The molecule has 3 N–H and O–H groups in total. The van der Waals surface area contributed by atoms with Gasteiger partial charge in [-0.15, -0.1) is 0 Å². The molecule has 0 aromatic rings. The van der Waals surface area contributed by atoms with Crippen molar-refractivity contribution in [2.45, 2.75) is 27.7 Å². The number of carbonyl (C=O) groups excluding carboxylic acids is 2. The molecule has 0 aliphatic heterocycles. The van der Waals surface area contributed by atoms with E-state index in [9.17, 15) is 9.59 Å². The smallest absolute Gasteiger partial charge is 0.333 e. The molecule has 0 heterocycles. The minimum absolute atomic E-state index is 0.0360. The SMILES string of the molecule is CNC(=O)NNC(=O)[C@@H]1[C@@H](C=C(C)C)C1(C)C. The molecule has 0 aromatic heterocycles. The van der Waals surface area contributed by atoms with E-state index in [2.05, 4.69) is 36.1 Å². The van der Waals surface area contributed by atoms with Gasteiger partial charge in [-0.2, -0.15) is 0 Å². The Kier molecular flexibility index (Phi) is 3.80. The lowest BCUT2D eigenvalue weighted by Gasteiger charge is -2.06. The Balaban J connectivity index is 2.54. The molecule has 0 bridgehead atoms. The first-order valence-corrected chi connectivity index (χ1v) is 5.73. The van der Waals surface area contributed by atoms with E-state index < -0.39 is 6.03 Å². The average Bonchev–Trinajstić information content (AvgIpc) is 2.75. The number of nitrogens with one attached hydrogen (secondary N) is 3. The summed E-state index contributed by atoms with van der Waals surface area (Å²) in [5, 5.41) is 2.37. The van der Waals surface area contributed by atoms with Crippen molar-refractivity contribution >= 4 is 11.9 Å². The van der Waals surface area contributed by atoms with Crippen molar-refractivity contribution in [3.8, 4) is 0 Å². The molecular weight excluding hydrogens is 218 g/mol. The molecule has 0 spiro atoms. The van der Waals surface area contributed by atoms with Crippen LogP contribution in [0.15, 0.2) is 11.6 Å². The number of carbonyl (C=O) groups is 2. The van der Waals surface area contributed by atoms with Crippen LogP contribution in [-0.4, -0.2) is 19.0 Å². The Morgan fingerprint density at radius 1 is 1.18 bits per heavy atom. The highest BCUT2D eigenvalue weighted by Crippen LogP contribution is 2.59. The van der Waals surface area contributed by atoms with Gasteiger partial charge < -0.3 is 5.32 Å². The van der Waals surface area contributed by atoms with Gasteiger partial charge in [0.1, 0.15) is 0 Å². The second kappa shape index (κ2) is 4.77. The van der Waals surface area contributed by atoms with Crippen LogP contribution in [0.1, 0.15) is 27.7 Å². The second-order valence-corrected chi connectivity index (χ2v) is 5.26. The lowest BCUT2D eigenvalue weighted by Crippen LogP contribution is -2.46. The Bertz CT molecular complexity index is 357. The number of allylic oxidation sites excluding steroid dienone is 2. The molecule has 17 heavy (non-hydrogen) atoms. The van der Waals surface area contributed by atoms with Gasteiger partial charge in [0.25, 0.3) is 0 Å². The van der Waals surface area contributed by atoms with E-state index in [1.54, 1.807) is 0 Å². The van der Waals surface area contributed by atoms with Crippen molar-refractivity contribution in [2.75, 3.05) is 7.05 Å². The predicted molar refractivity (Wildman–Crippen MR) is 65.9 cm³/mol. The van der Waals surface area contributed by atoms with Crippen molar-refractivity contribution in [3.05, 3.63) is 11.6 Å². The largest absolute Gasteiger partial charge is 0.340 e. The second-order valence-electron chi connectivity index (χ2n) is 5.26. The first-order chi connectivity index (χ1) is 7.80. The number of hydrogen-bond acceptors (Lipinski definition) is 2. The average molecular weight is 239 g/mol. The van der Waals surface area contributed by atoms with Crippen LogP contribution in [0.25, 0.3) is 0 Å². The normalized spacial score (nSPS) is 24.5. The fourth-order valence-electron chi connectivity index (χ4n) is 2.11. The zero-order valence-corrected chi connectivity index (χ0v) is 11.0. The van der Waals surface area contributed by atoms with Gasteiger partial charge in [-0.1, -0.05) is 25.5 Å². The van der Waals surface area contributed by atoms with Crippen LogP contribution in [0.3, 0.4) is 0 Å². The zero-order chi connectivity index (χ0) is 13.2. The summed E-state index contributed by atoms with van der Waals surface area (Å²) in [6.45, 7) is 8.15. The topological polar surface area (TPSA) is 70.2 Å². The van der Waals surface area contributed by atoms with E-state index in [1.165, 1.54) is 12.6 Å². The molecule has 0 unspecified atom stereocenters. The van der Waals surface area contributed by atoms with Crippen molar-refractivity contribution in [2.24, 2.45) is 17.3 Å². The summed E-state index contributed by atoms with van der Waals surface area (Å²) in [6.07, 6.45) is 2.12. The zero-order valence-electron chi connectivity index (χ0n) is 11.0. The minimum atomic E-state index is -0.421. The summed E-state index contributed by atoms with van der Waals surface area (Å²) in [5.41, 5.74) is 5.89. The van der Waals surface area contributed by atoms with Crippen molar-refractivity contribution < 1.29 is 9.59 Å². The summed E-state index contributed by atoms with van der Waals surface area (Å²) in [6, 6.07) is -0.421. The van der Waals surface area contributed by atoms with E-state index in [0.717, 1.165) is 0 Å². The van der Waals surface area contributed by atoms with Crippen LogP contribution in [0.2, 0.25) is 0 Å². The molecule has 1 rings (SSSR count). The fraction of sp³-hybridized carbons (Fsp3) is 0.667. The maximum Gasteiger partial charge on any atom is 0.333 e. The summed E-state index contributed by atoms with van der Waals surface area (Å²) in [7, 11) is 1.49. The lowest BCUT2D eigenvalue weighted by molar-refractivity contribution is -0.123. The third-order valence-corrected chi connectivity index (χ3v) is 3.23. The maximum absolute atomic E-state index is 11.9. The van der Waals surface area contributed by atoms with Crippen LogP contribution >= 0.6 is 0 Å². The highest BCUT2D eigenvalue weighted by Gasteiger charge is 2.60. The van der Waals surface area contributed by atoms with Crippen molar-refractivity contribution in [1.29, 1.82) is 0 Å². The standard InChI is InChI=1S/C12H21N3O2/c1-7(2)6-8-9(12(8,3)4)10(16)14-15-11(17)13-5/h6,8-9H,1-5H3,(H,14,16)(H2,13,15,17)/t8-,9+/m1/s1. The molecule has 3 amide bonds. The highest BCUT2D eigenvalue weighted by atomic mass is 16.2. The van der Waals surface area contributed by atoms with E-state index in [-0.39, 0.29) is 23.2 Å². The molecular formula is C12H21N3O2. The van der Waals surface area contributed by atoms with E-state index in [1.807, 2.05) is 13.8 Å². The van der Waals surface area contributed by atoms with Gasteiger partial charge in [0.2, 0.25) is 5.91 Å². The van der Waals surface area contributed by atoms with E-state index >= 15 is 0 Å². The molecule has 0 saturated heterocycles. The number of hydrazine groups is 1. The molecule has 1 saturated carbocycles. The summed E-state index contributed by atoms with van der Waals surface area (Å²) in [5.74, 6) is 0.0367. The third-order valence-electron chi connectivity index (χ3n) is 3.23. The summed E-state index contributed by atoms with van der Waals surface area (Å²) >= 11 is 0. The summed E-state index contributed by atoms with van der Waals surface area (Å²) in [4.78, 5) is 22.8. The van der Waals surface area contributed by atoms with Crippen LogP contribution in [-0.2, 0) is 4.79 Å². The number of rotatable bonds is 2. The van der Waals surface area contributed by atoms with Crippen molar-refractivity contribution in [1.82, 2.24) is 16.2 Å². The first kappa shape index (κ1) is 13.5. The van der Waals surface area contributed by atoms with Gasteiger partial charge in [0, 0.05) is 7.05 Å². The summed E-state index contributed by atoms with van der Waals surface area (Å²) < 4.78 is 0. The van der Waals surface area contributed by atoms with E-state index in [4.69, 9.17) is 0 Å². The number of amides is 3. The van der Waals surface area contributed by atoms with Crippen LogP contribution in [0.5, 0.6) is 0 Å². The van der Waals surface area contributed by atoms with Crippen molar-refractivity contribution in [3.63, 3.8) is 0 Å². The van der Waals surface area contributed by atoms with Gasteiger partial charge in [-0.25, -0.2) is 10.2 Å². The molecule has 0 radical (unpaired) electrons. The molecule has 96 valence electrons. The maximum atomic E-state index is 11.9. The van der Waals surface area contributed by atoms with Gasteiger partial charge in [-0.05, 0) is 25.2 Å². The first-order valence-electron chi connectivity index (χ1n) is 5.73. The molecule has 1 aliphatic rings. The Morgan fingerprint density at radius 3 is 2.24 bits per heavy atom. The number of hydrogen-bond donors (Lipinski definition) is 3. The van der Waals surface area contributed by atoms with Gasteiger partial charge in [0.05, 0.1) is 5.92 Å². The Morgan fingerprint density at radius 2 is 1.76 bits per heavy atom. The third kappa shape index (κ3) is 2.99. The quantitative estimate of drug-likeness (QED) is 0.500. The molecule has 0 aromatic carbocycles. The Labute approximate surface area is 102 Å². The monoisotopic (exact) mass is 239 g/mol. The molecule has 5 nitrogen and oxygen atoms in total.